The van der Waals surface area contributed by atoms with E-state index in [4.69, 9.17) is 0 Å². The molecule has 1 saturated heterocycles. The molecular weight excluding hydrogens is 261 g/mol. The van der Waals surface area contributed by atoms with Crippen LogP contribution in [0, 0.1) is 5.82 Å². The number of rotatable bonds is 2. The number of hydrogen-bond donors (Lipinski definition) is 2. The molecule has 2 aromatic rings. The summed E-state index contributed by atoms with van der Waals surface area (Å²) in [4.78, 5) is 28.5. The Bertz CT molecular complexity index is 708. The first-order chi connectivity index (χ1) is 9.61. The predicted octanol–water partition coefficient (Wildman–Crippen LogP) is 1.79. The maximum atomic E-state index is 13.5. The van der Waals surface area contributed by atoms with Crippen molar-refractivity contribution in [1.82, 2.24) is 10.3 Å². The number of carbonyl (C=O) groups is 2. The van der Waals surface area contributed by atoms with Gasteiger partial charge in [0.25, 0.3) is 5.91 Å². The van der Waals surface area contributed by atoms with Gasteiger partial charge in [0.1, 0.15) is 11.5 Å². The Morgan fingerprint density at radius 1 is 1.45 bits per heavy atom. The van der Waals surface area contributed by atoms with Gasteiger partial charge in [-0.05, 0) is 24.6 Å². The summed E-state index contributed by atoms with van der Waals surface area (Å²) in [6, 6.07) is 4.24. The molecule has 1 aliphatic heterocycles. The molecule has 0 unspecified atom stereocenters. The van der Waals surface area contributed by atoms with Crippen LogP contribution in [0.25, 0.3) is 10.9 Å². The Hall–Kier alpha value is -2.37. The molecule has 2 N–H and O–H groups in total. The number of halogens is 1. The summed E-state index contributed by atoms with van der Waals surface area (Å²) >= 11 is 0. The van der Waals surface area contributed by atoms with Crippen molar-refractivity contribution in [3.63, 3.8) is 0 Å². The third-order valence-electron chi connectivity index (χ3n) is 3.53. The second kappa shape index (κ2) is 4.63. The summed E-state index contributed by atoms with van der Waals surface area (Å²) in [5.41, 5.74) is 1.41. The zero-order chi connectivity index (χ0) is 14.3. The Morgan fingerprint density at radius 3 is 2.90 bits per heavy atom. The van der Waals surface area contributed by atoms with Crippen molar-refractivity contribution in [2.45, 2.75) is 12.8 Å². The van der Waals surface area contributed by atoms with Crippen LogP contribution < -0.4 is 10.2 Å². The lowest BCUT2D eigenvalue weighted by Crippen LogP contribution is -2.27. The average molecular weight is 275 g/mol. The van der Waals surface area contributed by atoms with Crippen LogP contribution in [-0.4, -0.2) is 30.4 Å². The van der Waals surface area contributed by atoms with Gasteiger partial charge in [-0.2, -0.15) is 0 Å². The van der Waals surface area contributed by atoms with Crippen LogP contribution in [-0.2, 0) is 4.79 Å². The zero-order valence-electron chi connectivity index (χ0n) is 11.0. The number of aromatic nitrogens is 1. The Kier molecular flexibility index (Phi) is 2.93. The van der Waals surface area contributed by atoms with Gasteiger partial charge in [-0.1, -0.05) is 0 Å². The number of amides is 2. The molecule has 2 amide bonds. The topological polar surface area (TPSA) is 65.2 Å². The average Bonchev–Trinajstić information content (AvgIpc) is 3.00. The highest BCUT2D eigenvalue weighted by Crippen LogP contribution is 2.34. The second-order valence-corrected chi connectivity index (χ2v) is 4.77. The molecule has 1 aliphatic rings. The molecule has 5 nitrogen and oxygen atoms in total. The molecule has 0 aliphatic carbocycles. The molecule has 0 spiro atoms. The maximum absolute atomic E-state index is 13.5. The first-order valence-electron chi connectivity index (χ1n) is 6.45. The number of benzene rings is 1. The molecule has 2 heterocycles. The van der Waals surface area contributed by atoms with Gasteiger partial charge in [0.05, 0.1) is 5.69 Å². The number of H-pyrrole nitrogens is 1. The van der Waals surface area contributed by atoms with E-state index in [1.54, 1.807) is 11.0 Å². The van der Waals surface area contributed by atoms with Crippen LogP contribution in [0.2, 0.25) is 0 Å². The van der Waals surface area contributed by atoms with Gasteiger partial charge < -0.3 is 15.2 Å². The van der Waals surface area contributed by atoms with E-state index in [0.29, 0.717) is 35.2 Å². The normalized spacial score (nSPS) is 15.1. The SMILES string of the molecule is CNC(=O)c1[nH]c2ccc(F)cc2c1N1CCCC1=O. The van der Waals surface area contributed by atoms with Gasteiger partial charge in [0, 0.05) is 30.9 Å². The van der Waals surface area contributed by atoms with E-state index < -0.39 is 5.82 Å². The first-order valence-corrected chi connectivity index (χ1v) is 6.45. The van der Waals surface area contributed by atoms with Gasteiger partial charge >= 0.3 is 0 Å². The van der Waals surface area contributed by atoms with E-state index in [0.717, 1.165) is 6.42 Å². The highest BCUT2D eigenvalue weighted by molar-refractivity contribution is 6.13. The highest BCUT2D eigenvalue weighted by atomic mass is 19.1. The quantitative estimate of drug-likeness (QED) is 0.877. The lowest BCUT2D eigenvalue weighted by molar-refractivity contribution is -0.117. The summed E-state index contributed by atoms with van der Waals surface area (Å²) in [7, 11) is 1.52. The number of nitrogens with zero attached hydrogens (tertiary/aromatic N) is 1. The molecule has 104 valence electrons. The van der Waals surface area contributed by atoms with Gasteiger partial charge in [-0.3, -0.25) is 9.59 Å². The summed E-state index contributed by atoms with van der Waals surface area (Å²) in [5.74, 6) is -0.760. The summed E-state index contributed by atoms with van der Waals surface area (Å²) < 4.78 is 13.5. The third-order valence-corrected chi connectivity index (χ3v) is 3.53. The minimum atomic E-state index is -0.396. The van der Waals surface area contributed by atoms with Gasteiger partial charge in [0.15, 0.2) is 0 Å². The van der Waals surface area contributed by atoms with Gasteiger partial charge in [0.2, 0.25) is 5.91 Å². The zero-order valence-corrected chi connectivity index (χ0v) is 11.0. The Morgan fingerprint density at radius 2 is 2.25 bits per heavy atom. The van der Waals surface area contributed by atoms with Crippen molar-refractivity contribution in [2.75, 3.05) is 18.5 Å². The van der Waals surface area contributed by atoms with Crippen molar-refractivity contribution >= 4 is 28.4 Å². The predicted molar refractivity (Wildman–Crippen MR) is 73.2 cm³/mol. The van der Waals surface area contributed by atoms with Gasteiger partial charge in [-0.15, -0.1) is 0 Å². The largest absolute Gasteiger partial charge is 0.354 e. The van der Waals surface area contributed by atoms with E-state index in [2.05, 4.69) is 10.3 Å². The highest BCUT2D eigenvalue weighted by Gasteiger charge is 2.29. The minimum absolute atomic E-state index is 0.0414. The molecule has 0 saturated carbocycles. The van der Waals surface area contributed by atoms with E-state index in [-0.39, 0.29) is 11.8 Å². The van der Waals surface area contributed by atoms with Crippen LogP contribution in [0.15, 0.2) is 18.2 Å². The van der Waals surface area contributed by atoms with Crippen molar-refractivity contribution in [1.29, 1.82) is 0 Å². The fourth-order valence-electron chi connectivity index (χ4n) is 2.60. The van der Waals surface area contributed by atoms with Crippen molar-refractivity contribution in [2.24, 2.45) is 0 Å². The van der Waals surface area contributed by atoms with Crippen molar-refractivity contribution in [3.8, 4) is 0 Å². The molecular formula is C14H14FN3O2. The Balaban J connectivity index is 2.26. The van der Waals surface area contributed by atoms with Crippen molar-refractivity contribution < 1.29 is 14.0 Å². The molecule has 20 heavy (non-hydrogen) atoms. The van der Waals surface area contributed by atoms with E-state index in [1.165, 1.54) is 19.2 Å². The summed E-state index contributed by atoms with van der Waals surface area (Å²) in [6.45, 7) is 0.548. The molecule has 3 rings (SSSR count). The van der Waals surface area contributed by atoms with Crippen LogP contribution in [0.4, 0.5) is 10.1 Å². The second-order valence-electron chi connectivity index (χ2n) is 4.77. The van der Waals surface area contributed by atoms with E-state index in [1.807, 2.05) is 0 Å². The molecule has 0 radical (unpaired) electrons. The van der Waals surface area contributed by atoms with Crippen LogP contribution in [0.1, 0.15) is 23.3 Å². The lowest BCUT2D eigenvalue weighted by Gasteiger charge is -2.16. The smallest absolute Gasteiger partial charge is 0.269 e. The standard InChI is InChI=1S/C14H14FN3O2/c1-16-14(20)12-13(18-6-2-3-11(18)19)9-7-8(15)4-5-10(9)17-12/h4-5,7,17H,2-3,6H2,1H3,(H,16,20). The van der Waals surface area contributed by atoms with E-state index >= 15 is 0 Å². The summed E-state index contributed by atoms with van der Waals surface area (Å²) in [5, 5.41) is 3.09. The number of nitrogens with one attached hydrogen (secondary N) is 2. The number of aromatic amines is 1. The first kappa shape index (κ1) is 12.7. The molecule has 1 aromatic heterocycles. The van der Waals surface area contributed by atoms with Crippen LogP contribution in [0.3, 0.4) is 0 Å². The third kappa shape index (κ3) is 1.84. The fourth-order valence-corrected chi connectivity index (χ4v) is 2.60. The molecule has 1 fully saturated rings. The Labute approximate surface area is 114 Å². The lowest BCUT2D eigenvalue weighted by atomic mass is 10.2. The van der Waals surface area contributed by atoms with Crippen LogP contribution >= 0.6 is 0 Å². The molecule has 1 aromatic carbocycles. The van der Waals surface area contributed by atoms with Crippen LogP contribution in [0.5, 0.6) is 0 Å². The summed E-state index contributed by atoms with van der Waals surface area (Å²) in [6.07, 6.45) is 1.20. The number of hydrogen-bond acceptors (Lipinski definition) is 2. The number of carbonyl (C=O) groups excluding carboxylic acids is 2. The van der Waals surface area contributed by atoms with Gasteiger partial charge in [-0.25, -0.2) is 4.39 Å². The van der Waals surface area contributed by atoms with E-state index in [9.17, 15) is 14.0 Å². The fraction of sp³-hybridized carbons (Fsp3) is 0.286. The monoisotopic (exact) mass is 275 g/mol. The maximum Gasteiger partial charge on any atom is 0.269 e. The molecule has 0 atom stereocenters. The number of fused-ring (bicyclic) bond motifs is 1. The number of anilines is 1. The minimum Gasteiger partial charge on any atom is -0.354 e. The molecule has 0 bridgehead atoms. The molecule has 6 heteroatoms. The van der Waals surface area contributed by atoms with Crippen molar-refractivity contribution in [3.05, 3.63) is 29.7 Å².